The molecule has 5 aromatic rings. The molecule has 39 heavy (non-hydrogen) atoms. The number of hydrogen-bond donors (Lipinski definition) is 3. The van der Waals surface area contributed by atoms with Gasteiger partial charge in [-0.1, -0.05) is 36.4 Å². The van der Waals surface area contributed by atoms with Crippen LogP contribution in [0.5, 0.6) is 0 Å². The number of H-pyrrole nitrogens is 2. The van der Waals surface area contributed by atoms with Crippen LogP contribution in [0.4, 0.5) is 5.69 Å². The zero-order chi connectivity index (χ0) is 27.3. The van der Waals surface area contributed by atoms with Gasteiger partial charge in [0.25, 0.3) is 11.8 Å². The maximum Gasteiger partial charge on any atom is 0.326 e. The van der Waals surface area contributed by atoms with Gasteiger partial charge in [-0.25, -0.2) is 4.79 Å². The SMILES string of the molecule is Cc1cc(C)c(C(=O)Nc2c(C(=O)N3CCC(n4c(=O)[nH]c5ccccc54)CC3)[nH]c3ccccc23)cc1C. The molecule has 0 radical (unpaired) electrons. The van der Waals surface area contributed by atoms with Gasteiger partial charge in [0.1, 0.15) is 5.69 Å². The van der Waals surface area contributed by atoms with Crippen LogP contribution < -0.4 is 11.0 Å². The summed E-state index contributed by atoms with van der Waals surface area (Å²) in [4.78, 5) is 47.9. The molecule has 8 heteroatoms. The quantitative estimate of drug-likeness (QED) is 0.292. The standard InChI is InChI=1S/C31H31N5O3/c1-18-16-20(3)23(17-19(18)2)29(37)34-27-22-8-4-5-9-24(22)32-28(27)30(38)35-14-12-21(13-15-35)36-26-11-7-6-10-25(26)33-31(36)39/h4-11,16-17,21,32H,12-15H2,1-3H3,(H,33,39)(H,34,37). The van der Waals surface area contributed by atoms with Crippen LogP contribution in [0.25, 0.3) is 21.9 Å². The number of rotatable bonds is 4. The Labute approximate surface area is 225 Å². The average molecular weight is 522 g/mol. The molecule has 3 N–H and O–H groups in total. The lowest BCUT2D eigenvalue weighted by atomic mass is 10.00. The summed E-state index contributed by atoms with van der Waals surface area (Å²) in [5.74, 6) is -0.408. The Morgan fingerprint density at radius 1 is 0.846 bits per heavy atom. The minimum Gasteiger partial charge on any atom is -0.349 e. The molecular weight excluding hydrogens is 490 g/mol. The zero-order valence-electron chi connectivity index (χ0n) is 22.3. The summed E-state index contributed by atoms with van der Waals surface area (Å²) in [7, 11) is 0. The van der Waals surface area contributed by atoms with Crippen molar-refractivity contribution in [2.24, 2.45) is 0 Å². The van der Waals surface area contributed by atoms with Gasteiger partial charge in [0.15, 0.2) is 0 Å². The fourth-order valence-corrected chi connectivity index (χ4v) is 5.74. The molecule has 198 valence electrons. The number of aromatic nitrogens is 3. The van der Waals surface area contributed by atoms with Crippen LogP contribution in [-0.2, 0) is 0 Å². The molecule has 0 unspecified atom stereocenters. The number of para-hydroxylation sites is 3. The Bertz CT molecular complexity index is 1800. The largest absolute Gasteiger partial charge is 0.349 e. The Kier molecular flexibility index (Phi) is 6.10. The molecule has 1 aliphatic rings. The van der Waals surface area contributed by atoms with Crippen molar-refractivity contribution in [3.8, 4) is 0 Å². The molecule has 0 spiro atoms. The maximum atomic E-state index is 13.8. The third-order valence-corrected chi connectivity index (χ3v) is 7.98. The number of carbonyl (C=O) groups is 2. The Balaban J connectivity index is 1.27. The van der Waals surface area contributed by atoms with Crippen molar-refractivity contribution in [1.29, 1.82) is 0 Å². The second kappa shape index (κ2) is 9.62. The smallest absolute Gasteiger partial charge is 0.326 e. The molecule has 0 saturated carbocycles. The highest BCUT2D eigenvalue weighted by atomic mass is 16.2. The van der Waals surface area contributed by atoms with E-state index in [0.717, 1.165) is 38.6 Å². The fourth-order valence-electron chi connectivity index (χ4n) is 5.74. The highest BCUT2D eigenvalue weighted by molar-refractivity contribution is 6.15. The Morgan fingerprint density at radius 2 is 1.51 bits per heavy atom. The molecule has 1 aliphatic heterocycles. The number of imidazole rings is 1. The van der Waals surface area contributed by atoms with Gasteiger partial charge in [0.2, 0.25) is 0 Å². The second-order valence-electron chi connectivity index (χ2n) is 10.5. The van der Waals surface area contributed by atoms with Gasteiger partial charge in [-0.05, 0) is 74.6 Å². The Morgan fingerprint density at radius 3 is 2.28 bits per heavy atom. The molecular formula is C31H31N5O3. The highest BCUT2D eigenvalue weighted by Crippen LogP contribution is 2.32. The first kappa shape index (κ1) is 24.7. The lowest BCUT2D eigenvalue weighted by molar-refractivity contribution is 0.0691. The summed E-state index contributed by atoms with van der Waals surface area (Å²) in [5.41, 5.74) is 6.87. The predicted molar refractivity (Wildman–Crippen MR) is 154 cm³/mol. The summed E-state index contributed by atoms with van der Waals surface area (Å²) in [5, 5.41) is 3.84. The van der Waals surface area contributed by atoms with E-state index < -0.39 is 0 Å². The van der Waals surface area contributed by atoms with Crippen molar-refractivity contribution in [2.45, 2.75) is 39.7 Å². The first-order chi connectivity index (χ1) is 18.8. The molecule has 3 heterocycles. The number of nitrogens with one attached hydrogen (secondary N) is 3. The first-order valence-electron chi connectivity index (χ1n) is 13.3. The minimum atomic E-state index is -0.244. The number of piperidine rings is 1. The van der Waals surface area contributed by atoms with E-state index in [-0.39, 0.29) is 23.5 Å². The van der Waals surface area contributed by atoms with E-state index in [2.05, 4.69) is 15.3 Å². The maximum absolute atomic E-state index is 13.8. The highest BCUT2D eigenvalue weighted by Gasteiger charge is 2.30. The second-order valence-corrected chi connectivity index (χ2v) is 10.5. The normalized spacial score (nSPS) is 14.3. The van der Waals surface area contributed by atoms with Gasteiger partial charge in [-0.3, -0.25) is 14.2 Å². The summed E-state index contributed by atoms with van der Waals surface area (Å²) >= 11 is 0. The van der Waals surface area contributed by atoms with E-state index in [0.29, 0.717) is 42.9 Å². The molecule has 8 nitrogen and oxygen atoms in total. The number of anilines is 1. The number of likely N-dealkylation sites (tertiary alicyclic amines) is 1. The van der Waals surface area contributed by atoms with Crippen LogP contribution >= 0.6 is 0 Å². The van der Waals surface area contributed by atoms with Crippen molar-refractivity contribution in [3.05, 3.63) is 99.1 Å². The van der Waals surface area contributed by atoms with Gasteiger partial charge >= 0.3 is 5.69 Å². The van der Waals surface area contributed by atoms with Crippen LogP contribution in [0, 0.1) is 20.8 Å². The van der Waals surface area contributed by atoms with Crippen molar-refractivity contribution in [3.63, 3.8) is 0 Å². The van der Waals surface area contributed by atoms with E-state index >= 15 is 0 Å². The molecule has 0 aliphatic carbocycles. The van der Waals surface area contributed by atoms with Crippen molar-refractivity contribution in [2.75, 3.05) is 18.4 Å². The van der Waals surface area contributed by atoms with E-state index in [4.69, 9.17) is 0 Å². The molecule has 6 rings (SSSR count). The number of benzene rings is 3. The number of carbonyl (C=O) groups excluding carboxylic acids is 2. The van der Waals surface area contributed by atoms with Gasteiger partial charge in [-0.15, -0.1) is 0 Å². The van der Waals surface area contributed by atoms with Crippen molar-refractivity contribution < 1.29 is 9.59 Å². The summed E-state index contributed by atoms with van der Waals surface area (Å²) < 4.78 is 1.82. The molecule has 3 aromatic carbocycles. The Hall–Kier alpha value is -4.59. The molecule has 0 atom stereocenters. The number of amides is 2. The van der Waals surface area contributed by atoms with E-state index in [1.54, 1.807) is 4.90 Å². The van der Waals surface area contributed by atoms with Gasteiger partial charge in [0.05, 0.1) is 16.7 Å². The molecule has 1 saturated heterocycles. The summed E-state index contributed by atoms with van der Waals surface area (Å²) in [6.45, 7) is 6.95. The monoisotopic (exact) mass is 521 g/mol. The predicted octanol–water partition coefficient (Wildman–Crippen LogP) is 5.47. The number of nitrogens with zero attached hydrogens (tertiary/aromatic N) is 2. The summed E-state index contributed by atoms with van der Waals surface area (Å²) in [6, 6.07) is 19.2. The van der Waals surface area contributed by atoms with Crippen LogP contribution in [0.1, 0.15) is 56.4 Å². The molecule has 0 bridgehead atoms. The van der Waals surface area contributed by atoms with Crippen LogP contribution in [0.2, 0.25) is 0 Å². The third-order valence-electron chi connectivity index (χ3n) is 7.98. The van der Waals surface area contributed by atoms with Crippen LogP contribution in [-0.4, -0.2) is 44.3 Å². The van der Waals surface area contributed by atoms with Gasteiger partial charge in [0, 0.05) is 35.6 Å². The van der Waals surface area contributed by atoms with Gasteiger partial charge in [-0.2, -0.15) is 0 Å². The third kappa shape index (κ3) is 4.31. The minimum absolute atomic E-state index is 0.00680. The van der Waals surface area contributed by atoms with E-state index in [9.17, 15) is 14.4 Å². The van der Waals surface area contributed by atoms with Crippen LogP contribution in [0.3, 0.4) is 0 Å². The average Bonchev–Trinajstić information content (AvgIpc) is 3.47. The molecule has 2 aromatic heterocycles. The number of hydrogen-bond acceptors (Lipinski definition) is 3. The zero-order valence-corrected chi connectivity index (χ0v) is 22.3. The lowest BCUT2D eigenvalue weighted by Gasteiger charge is -2.32. The van der Waals surface area contributed by atoms with E-state index in [1.807, 2.05) is 86.0 Å². The van der Waals surface area contributed by atoms with Crippen molar-refractivity contribution >= 4 is 39.4 Å². The topological polar surface area (TPSA) is 103 Å². The lowest BCUT2D eigenvalue weighted by Crippen LogP contribution is -2.40. The number of fused-ring (bicyclic) bond motifs is 2. The van der Waals surface area contributed by atoms with E-state index in [1.165, 1.54) is 0 Å². The fraction of sp³-hybridized carbons (Fsp3) is 0.258. The molecule has 1 fully saturated rings. The number of aryl methyl sites for hydroxylation is 3. The van der Waals surface area contributed by atoms with Crippen LogP contribution in [0.15, 0.2) is 65.5 Å². The summed E-state index contributed by atoms with van der Waals surface area (Å²) in [6.07, 6.45) is 1.33. The first-order valence-corrected chi connectivity index (χ1v) is 13.3. The van der Waals surface area contributed by atoms with Crippen molar-refractivity contribution in [1.82, 2.24) is 19.4 Å². The van der Waals surface area contributed by atoms with Gasteiger partial charge < -0.3 is 20.2 Å². The molecule has 2 amide bonds. The number of aromatic amines is 2.